The van der Waals surface area contributed by atoms with E-state index in [9.17, 15) is 5.11 Å². The Kier molecular flexibility index (Phi) is 3.81. The summed E-state index contributed by atoms with van der Waals surface area (Å²) in [4.78, 5) is 0. The first kappa shape index (κ1) is 9.57. The molecule has 1 rings (SSSR count). The highest BCUT2D eigenvalue weighted by Gasteiger charge is 1.92. The van der Waals surface area contributed by atoms with Crippen LogP contribution in [0.3, 0.4) is 0 Å². The zero-order chi connectivity index (χ0) is 9.52. The molecule has 0 spiro atoms. The molecule has 1 aromatic rings. The summed E-state index contributed by atoms with van der Waals surface area (Å²) >= 11 is 0. The van der Waals surface area contributed by atoms with Gasteiger partial charge in [0.15, 0.2) is 0 Å². The Morgan fingerprint density at radius 2 is 2.08 bits per heavy atom. The van der Waals surface area contributed by atoms with E-state index < -0.39 is 6.10 Å². The van der Waals surface area contributed by atoms with Gasteiger partial charge < -0.3 is 5.11 Å². The number of hydrogen-bond donors (Lipinski definition) is 1. The average molecular weight is 172 g/mol. The molecule has 0 saturated heterocycles. The molecule has 1 atom stereocenters. The predicted octanol–water partition coefficient (Wildman–Crippen LogP) is 1.98. The fourth-order valence-electron chi connectivity index (χ4n) is 0.905. The normalized spacial score (nSPS) is 11.2. The van der Waals surface area contributed by atoms with Crippen molar-refractivity contribution >= 4 is 0 Å². The first-order chi connectivity index (χ1) is 6.33. The first-order valence-corrected chi connectivity index (χ1v) is 4.18. The van der Waals surface area contributed by atoms with Gasteiger partial charge in [0.1, 0.15) is 6.10 Å². The second-order valence-electron chi connectivity index (χ2n) is 2.68. The fourth-order valence-corrected chi connectivity index (χ4v) is 0.905. The molecular formula is C12H12O. The summed E-state index contributed by atoms with van der Waals surface area (Å²) in [5.41, 5.74) is 0.922. The van der Waals surface area contributed by atoms with Crippen molar-refractivity contribution in [2.75, 3.05) is 0 Å². The molecule has 1 nitrogen and oxygen atoms in total. The van der Waals surface area contributed by atoms with Crippen LogP contribution >= 0.6 is 0 Å². The van der Waals surface area contributed by atoms with E-state index in [1.54, 1.807) is 6.08 Å². The Balaban J connectivity index is 2.62. The Morgan fingerprint density at radius 3 is 2.69 bits per heavy atom. The number of rotatable bonds is 2. The average Bonchev–Trinajstić information content (AvgIpc) is 2.17. The zero-order valence-electron chi connectivity index (χ0n) is 7.40. The lowest BCUT2D eigenvalue weighted by Crippen LogP contribution is -1.99. The third kappa shape index (κ3) is 3.59. The van der Waals surface area contributed by atoms with Crippen molar-refractivity contribution in [3.63, 3.8) is 0 Å². The maximum absolute atomic E-state index is 9.27. The third-order valence-electron chi connectivity index (χ3n) is 1.55. The van der Waals surface area contributed by atoms with E-state index in [1.807, 2.05) is 30.3 Å². The molecule has 0 aromatic heterocycles. The Morgan fingerprint density at radius 1 is 1.38 bits per heavy atom. The lowest BCUT2D eigenvalue weighted by molar-refractivity contribution is 0.236. The van der Waals surface area contributed by atoms with Gasteiger partial charge in [-0.3, -0.25) is 0 Å². The molecule has 0 aliphatic heterocycles. The molecule has 0 aliphatic carbocycles. The molecule has 0 heterocycles. The van der Waals surface area contributed by atoms with Gasteiger partial charge in [-0.15, -0.1) is 6.58 Å². The molecule has 13 heavy (non-hydrogen) atoms. The van der Waals surface area contributed by atoms with Crippen LogP contribution in [0.4, 0.5) is 0 Å². The maximum atomic E-state index is 9.27. The molecule has 0 unspecified atom stereocenters. The topological polar surface area (TPSA) is 20.2 Å². The van der Waals surface area contributed by atoms with Crippen LogP contribution in [0.2, 0.25) is 0 Å². The molecule has 0 fully saturated rings. The predicted molar refractivity (Wildman–Crippen MR) is 54.1 cm³/mol. The number of aliphatic hydroxyl groups is 1. The molecule has 0 aliphatic rings. The Bertz CT molecular complexity index is 316. The highest BCUT2D eigenvalue weighted by atomic mass is 16.3. The molecule has 0 saturated carbocycles. The lowest BCUT2D eigenvalue weighted by Gasteiger charge is -1.95. The molecule has 66 valence electrons. The SMILES string of the molecule is C=CC[C@@H](O)C#Cc1ccccc1. The number of aliphatic hydroxyl groups excluding tert-OH is 1. The van der Waals surface area contributed by atoms with Crippen molar-refractivity contribution in [3.8, 4) is 11.8 Å². The molecule has 1 heteroatoms. The number of benzene rings is 1. The summed E-state index contributed by atoms with van der Waals surface area (Å²) in [6.07, 6.45) is 1.57. The van der Waals surface area contributed by atoms with E-state index in [4.69, 9.17) is 0 Å². The van der Waals surface area contributed by atoms with Gasteiger partial charge in [0.05, 0.1) is 0 Å². The van der Waals surface area contributed by atoms with Gasteiger partial charge in [-0.25, -0.2) is 0 Å². The molecule has 0 bridgehead atoms. The highest BCUT2D eigenvalue weighted by molar-refractivity contribution is 5.34. The van der Waals surface area contributed by atoms with E-state index >= 15 is 0 Å². The van der Waals surface area contributed by atoms with Crippen molar-refractivity contribution in [1.29, 1.82) is 0 Å². The molecular weight excluding hydrogens is 160 g/mol. The van der Waals surface area contributed by atoms with Crippen LogP contribution in [0, 0.1) is 11.8 Å². The van der Waals surface area contributed by atoms with Crippen molar-refractivity contribution in [1.82, 2.24) is 0 Å². The largest absolute Gasteiger partial charge is 0.380 e. The zero-order valence-corrected chi connectivity index (χ0v) is 7.40. The van der Waals surface area contributed by atoms with E-state index in [2.05, 4.69) is 18.4 Å². The minimum atomic E-state index is -0.599. The number of hydrogen-bond acceptors (Lipinski definition) is 1. The van der Waals surface area contributed by atoms with Crippen molar-refractivity contribution in [2.24, 2.45) is 0 Å². The summed E-state index contributed by atoms with van der Waals surface area (Å²) in [7, 11) is 0. The van der Waals surface area contributed by atoms with E-state index in [1.165, 1.54) is 0 Å². The maximum Gasteiger partial charge on any atom is 0.118 e. The minimum Gasteiger partial charge on any atom is -0.380 e. The summed E-state index contributed by atoms with van der Waals surface area (Å²) in [6, 6.07) is 9.60. The van der Waals surface area contributed by atoms with Crippen LogP contribution < -0.4 is 0 Å². The van der Waals surface area contributed by atoms with Gasteiger partial charge >= 0.3 is 0 Å². The van der Waals surface area contributed by atoms with Crippen LogP contribution in [-0.2, 0) is 0 Å². The van der Waals surface area contributed by atoms with Crippen LogP contribution in [0.5, 0.6) is 0 Å². The quantitative estimate of drug-likeness (QED) is 0.534. The van der Waals surface area contributed by atoms with E-state index in [0.717, 1.165) is 5.56 Å². The van der Waals surface area contributed by atoms with E-state index in [0.29, 0.717) is 6.42 Å². The molecule has 1 N–H and O–H groups in total. The van der Waals surface area contributed by atoms with Crippen molar-refractivity contribution < 1.29 is 5.11 Å². The van der Waals surface area contributed by atoms with Crippen molar-refractivity contribution in [2.45, 2.75) is 12.5 Å². The smallest absolute Gasteiger partial charge is 0.118 e. The second-order valence-corrected chi connectivity index (χ2v) is 2.68. The minimum absolute atomic E-state index is 0.514. The monoisotopic (exact) mass is 172 g/mol. The summed E-state index contributed by atoms with van der Waals surface area (Å²) in [5, 5.41) is 9.27. The van der Waals surface area contributed by atoms with Gasteiger partial charge in [0, 0.05) is 12.0 Å². The summed E-state index contributed by atoms with van der Waals surface area (Å²) in [6.45, 7) is 3.53. The Hall–Kier alpha value is -1.52. The third-order valence-corrected chi connectivity index (χ3v) is 1.55. The first-order valence-electron chi connectivity index (χ1n) is 4.18. The van der Waals surface area contributed by atoms with Gasteiger partial charge in [0.2, 0.25) is 0 Å². The summed E-state index contributed by atoms with van der Waals surface area (Å²) in [5.74, 6) is 5.62. The summed E-state index contributed by atoms with van der Waals surface area (Å²) < 4.78 is 0. The van der Waals surface area contributed by atoms with Crippen LogP contribution in [0.15, 0.2) is 43.0 Å². The molecule has 1 aromatic carbocycles. The van der Waals surface area contributed by atoms with Crippen LogP contribution in [-0.4, -0.2) is 11.2 Å². The highest BCUT2D eigenvalue weighted by Crippen LogP contribution is 1.96. The lowest BCUT2D eigenvalue weighted by atomic mass is 10.2. The van der Waals surface area contributed by atoms with Crippen LogP contribution in [0.25, 0.3) is 0 Å². The van der Waals surface area contributed by atoms with Gasteiger partial charge in [-0.2, -0.15) is 0 Å². The van der Waals surface area contributed by atoms with Crippen molar-refractivity contribution in [3.05, 3.63) is 48.6 Å². The molecule has 0 amide bonds. The van der Waals surface area contributed by atoms with E-state index in [-0.39, 0.29) is 0 Å². The van der Waals surface area contributed by atoms with Gasteiger partial charge in [0.25, 0.3) is 0 Å². The molecule has 0 radical (unpaired) electrons. The fraction of sp³-hybridized carbons (Fsp3) is 0.167. The Labute approximate surface area is 78.7 Å². The standard InChI is InChI=1S/C12H12O/c1-2-6-12(13)10-9-11-7-4-3-5-8-11/h2-5,7-8,12-13H,1,6H2/t12-/m1/s1. The van der Waals surface area contributed by atoms with Gasteiger partial charge in [-0.05, 0) is 12.1 Å². The van der Waals surface area contributed by atoms with Crippen LogP contribution in [0.1, 0.15) is 12.0 Å². The van der Waals surface area contributed by atoms with Gasteiger partial charge in [-0.1, -0.05) is 36.1 Å². The second kappa shape index (κ2) is 5.18.